The molecule has 0 radical (unpaired) electrons. The van der Waals surface area contributed by atoms with E-state index >= 15 is 0 Å². The monoisotopic (exact) mass is 246 g/mol. The summed E-state index contributed by atoms with van der Waals surface area (Å²) in [6.07, 6.45) is 11.1. The number of rotatable bonds is 8. The van der Waals surface area contributed by atoms with E-state index in [9.17, 15) is 4.79 Å². The third-order valence-electron chi connectivity index (χ3n) is 2.34. The first kappa shape index (κ1) is 16.3. The molecule has 0 aliphatic rings. The van der Waals surface area contributed by atoms with Crippen molar-refractivity contribution in [2.45, 2.75) is 58.3 Å². The zero-order valence-electron chi connectivity index (χ0n) is 11.2. The fraction of sp³-hybridized carbons (Fsp3) is 0.562. The van der Waals surface area contributed by atoms with Crippen LogP contribution >= 0.6 is 0 Å². The summed E-state index contributed by atoms with van der Waals surface area (Å²) in [5.41, 5.74) is 0. The van der Waals surface area contributed by atoms with Crippen LogP contribution in [0.3, 0.4) is 0 Å². The molecule has 0 unspecified atom stereocenters. The van der Waals surface area contributed by atoms with Gasteiger partial charge in [-0.15, -0.1) is 0 Å². The van der Waals surface area contributed by atoms with Crippen molar-refractivity contribution in [1.29, 1.82) is 0 Å². The third-order valence-corrected chi connectivity index (χ3v) is 2.34. The average molecular weight is 246 g/mol. The third kappa shape index (κ3) is 14.3. The van der Waals surface area contributed by atoms with Gasteiger partial charge in [0.15, 0.2) is 0 Å². The maximum absolute atomic E-state index is 10.2. The zero-order chi connectivity index (χ0) is 13.5. The minimum atomic E-state index is -0.721. The fourth-order valence-electron chi connectivity index (χ4n) is 1.32. The van der Waals surface area contributed by atoms with Gasteiger partial charge in [0.25, 0.3) is 0 Å². The van der Waals surface area contributed by atoms with Crippen LogP contribution in [0.1, 0.15) is 58.3 Å². The molecule has 0 aromatic carbocycles. The molecule has 1 N–H and O–H groups in total. The van der Waals surface area contributed by atoms with Crippen molar-refractivity contribution in [2.24, 2.45) is 0 Å². The summed E-state index contributed by atoms with van der Waals surface area (Å²) in [5.74, 6) is 10.7. The van der Waals surface area contributed by atoms with E-state index in [0.29, 0.717) is 0 Å². The molecule has 0 rings (SSSR count). The summed E-state index contributed by atoms with van der Waals surface area (Å²) < 4.78 is 0. The van der Waals surface area contributed by atoms with Crippen LogP contribution in [0.4, 0.5) is 0 Å². The lowest BCUT2D eigenvalue weighted by atomic mass is 10.1. The van der Waals surface area contributed by atoms with Crippen LogP contribution in [0.5, 0.6) is 0 Å². The molecule has 0 atom stereocenters. The van der Waals surface area contributed by atoms with Crippen LogP contribution < -0.4 is 0 Å². The van der Waals surface area contributed by atoms with Gasteiger partial charge < -0.3 is 5.11 Å². The van der Waals surface area contributed by atoms with Gasteiger partial charge in [0.2, 0.25) is 0 Å². The van der Waals surface area contributed by atoms with Gasteiger partial charge in [0.1, 0.15) is 0 Å². The first-order chi connectivity index (χ1) is 8.77. The van der Waals surface area contributed by atoms with E-state index in [4.69, 9.17) is 5.11 Å². The van der Waals surface area contributed by atoms with E-state index in [1.54, 1.807) is 0 Å². The smallest absolute Gasteiger partial charge is 0.303 e. The summed E-state index contributed by atoms with van der Waals surface area (Å²) >= 11 is 0. The lowest BCUT2D eigenvalue weighted by molar-refractivity contribution is -0.137. The van der Waals surface area contributed by atoms with E-state index in [1.165, 1.54) is 12.8 Å². The second kappa shape index (κ2) is 13.4. The minimum Gasteiger partial charge on any atom is -0.481 e. The van der Waals surface area contributed by atoms with Crippen LogP contribution in [0, 0.1) is 23.7 Å². The van der Waals surface area contributed by atoms with Crippen molar-refractivity contribution in [3.63, 3.8) is 0 Å². The molecule has 0 saturated carbocycles. The summed E-state index contributed by atoms with van der Waals surface area (Å²) in [6.45, 7) is 2.17. The SMILES string of the molecule is CCCC/C=C\C#CC#CCCCCCC(=O)O. The topological polar surface area (TPSA) is 37.3 Å². The standard InChI is InChI=1S/C16H22O2/c1-2-3-4-5-6-7-8-9-10-11-12-13-14-15-16(17)18/h5-6H,2-4,11-15H2,1H3,(H,17,18)/b6-5-. The number of allylic oxidation sites excluding steroid dienone is 2. The number of unbranched alkanes of at least 4 members (excludes halogenated alkanes) is 5. The maximum atomic E-state index is 10.2. The Labute approximate surface area is 110 Å². The van der Waals surface area contributed by atoms with Crippen LogP contribution in [-0.4, -0.2) is 11.1 Å². The van der Waals surface area contributed by atoms with Crippen LogP contribution in [0.25, 0.3) is 0 Å². The highest BCUT2D eigenvalue weighted by Crippen LogP contribution is 2.01. The van der Waals surface area contributed by atoms with Gasteiger partial charge in [0, 0.05) is 12.8 Å². The molecule has 0 amide bonds. The van der Waals surface area contributed by atoms with Gasteiger partial charge in [-0.05, 0) is 37.2 Å². The van der Waals surface area contributed by atoms with Gasteiger partial charge in [0.05, 0.1) is 0 Å². The summed E-state index contributed by atoms with van der Waals surface area (Å²) in [7, 11) is 0. The molecule has 0 bridgehead atoms. The largest absolute Gasteiger partial charge is 0.481 e. The Hall–Kier alpha value is -1.67. The molecule has 0 aromatic rings. The highest BCUT2D eigenvalue weighted by atomic mass is 16.4. The minimum absolute atomic E-state index is 0.260. The second-order valence-corrected chi connectivity index (χ2v) is 4.07. The Kier molecular flexibility index (Phi) is 12.2. The van der Waals surface area contributed by atoms with E-state index in [2.05, 4.69) is 36.7 Å². The molecule has 0 heterocycles. The van der Waals surface area contributed by atoms with E-state index in [1.807, 2.05) is 6.08 Å². The predicted molar refractivity (Wildman–Crippen MR) is 74.9 cm³/mol. The summed E-state index contributed by atoms with van der Waals surface area (Å²) in [6, 6.07) is 0. The van der Waals surface area contributed by atoms with E-state index in [-0.39, 0.29) is 6.42 Å². The maximum Gasteiger partial charge on any atom is 0.303 e. The molecule has 18 heavy (non-hydrogen) atoms. The highest BCUT2D eigenvalue weighted by molar-refractivity contribution is 5.66. The Morgan fingerprint density at radius 1 is 1.17 bits per heavy atom. The van der Waals surface area contributed by atoms with Gasteiger partial charge >= 0.3 is 5.97 Å². The number of hydrogen-bond donors (Lipinski definition) is 1. The highest BCUT2D eigenvalue weighted by Gasteiger charge is 1.94. The fourth-order valence-corrected chi connectivity index (χ4v) is 1.32. The molecular weight excluding hydrogens is 224 g/mol. The number of aliphatic carboxylic acids is 1. The van der Waals surface area contributed by atoms with Crippen LogP contribution in [0.15, 0.2) is 12.2 Å². The zero-order valence-corrected chi connectivity index (χ0v) is 11.2. The Bertz CT molecular complexity index is 358. The van der Waals surface area contributed by atoms with Gasteiger partial charge in [-0.1, -0.05) is 44.1 Å². The Morgan fingerprint density at radius 2 is 2.00 bits per heavy atom. The average Bonchev–Trinajstić information content (AvgIpc) is 2.34. The molecule has 0 aromatic heterocycles. The van der Waals surface area contributed by atoms with Crippen molar-refractivity contribution in [2.75, 3.05) is 0 Å². The molecule has 0 spiro atoms. The van der Waals surface area contributed by atoms with Crippen molar-refractivity contribution in [3.05, 3.63) is 12.2 Å². The van der Waals surface area contributed by atoms with Crippen LogP contribution in [0.2, 0.25) is 0 Å². The Morgan fingerprint density at radius 3 is 2.72 bits per heavy atom. The number of carboxylic acid groups (broad SMARTS) is 1. The molecule has 0 aliphatic carbocycles. The molecule has 0 saturated heterocycles. The quantitative estimate of drug-likeness (QED) is 0.523. The van der Waals surface area contributed by atoms with E-state index in [0.717, 1.165) is 32.1 Å². The lowest BCUT2D eigenvalue weighted by Crippen LogP contribution is -1.93. The molecular formula is C16H22O2. The van der Waals surface area contributed by atoms with Crippen molar-refractivity contribution in [3.8, 4) is 23.7 Å². The van der Waals surface area contributed by atoms with Crippen molar-refractivity contribution < 1.29 is 9.90 Å². The predicted octanol–water partition coefficient (Wildman–Crippen LogP) is 3.77. The molecule has 98 valence electrons. The number of carbonyl (C=O) groups is 1. The lowest BCUT2D eigenvalue weighted by Gasteiger charge is -1.92. The molecule has 2 heteroatoms. The van der Waals surface area contributed by atoms with Gasteiger partial charge in [-0.25, -0.2) is 0 Å². The van der Waals surface area contributed by atoms with Crippen LogP contribution in [-0.2, 0) is 4.79 Å². The number of hydrogen-bond acceptors (Lipinski definition) is 1. The second-order valence-electron chi connectivity index (χ2n) is 4.07. The van der Waals surface area contributed by atoms with Crippen molar-refractivity contribution in [1.82, 2.24) is 0 Å². The Balaban J connectivity index is 3.46. The molecule has 2 nitrogen and oxygen atoms in total. The van der Waals surface area contributed by atoms with Gasteiger partial charge in [-0.2, -0.15) is 0 Å². The first-order valence-electron chi connectivity index (χ1n) is 6.62. The molecule has 0 fully saturated rings. The normalized spacial score (nSPS) is 9.39. The van der Waals surface area contributed by atoms with E-state index < -0.39 is 5.97 Å². The summed E-state index contributed by atoms with van der Waals surface area (Å²) in [4.78, 5) is 10.2. The van der Waals surface area contributed by atoms with Gasteiger partial charge in [-0.3, -0.25) is 4.79 Å². The number of carboxylic acids is 1. The first-order valence-corrected chi connectivity index (χ1v) is 6.62. The summed E-state index contributed by atoms with van der Waals surface area (Å²) in [5, 5.41) is 8.44. The molecule has 0 aliphatic heterocycles. The van der Waals surface area contributed by atoms with Crippen molar-refractivity contribution >= 4 is 5.97 Å².